The van der Waals surface area contributed by atoms with Crippen LogP contribution < -0.4 is 4.74 Å². The lowest BCUT2D eigenvalue weighted by molar-refractivity contribution is 0.466. The molecule has 0 spiro atoms. The Hall–Kier alpha value is -16.7. The van der Waals surface area contributed by atoms with Gasteiger partial charge in [0.05, 0.1) is 119 Å². The van der Waals surface area contributed by atoms with Gasteiger partial charge in [0.1, 0.15) is 36.9 Å². The summed E-state index contributed by atoms with van der Waals surface area (Å²) in [5.74, 6) is 3.07. The molecule has 23 aromatic rings. The number of H-pyrrole nitrogens is 1. The van der Waals surface area contributed by atoms with Gasteiger partial charge in [-0.05, 0) is 234 Å². The summed E-state index contributed by atoms with van der Waals surface area (Å²) in [5, 5.41) is 19.9. The van der Waals surface area contributed by atoms with Gasteiger partial charge >= 0.3 is 0 Å². The van der Waals surface area contributed by atoms with Gasteiger partial charge in [0.2, 0.25) is 5.88 Å². The molecule has 2 N–H and O–H groups in total. The molecule has 22 nitrogen and oxygen atoms in total. The maximum absolute atomic E-state index is 9.79. The molecule has 8 aromatic carbocycles. The molecule has 0 bridgehead atoms. The molecule has 0 saturated carbocycles. The lowest BCUT2D eigenvalue weighted by Gasteiger charge is -2.12. The topological polar surface area (TPSA) is 181 Å². The zero-order chi connectivity index (χ0) is 89.1. The number of aromatic hydroxyl groups is 1. The summed E-state index contributed by atoms with van der Waals surface area (Å²) < 4.78 is 20.6. The summed E-state index contributed by atoms with van der Waals surface area (Å²) >= 11 is 16.7. The fourth-order valence-electron chi connectivity index (χ4n) is 15.8. The smallest absolute Gasteiger partial charge is 0.219 e. The number of phenols is 1. The number of fused-ring (bicyclic) bond motifs is 24. The Kier molecular flexibility index (Phi) is 23.1. The van der Waals surface area contributed by atoms with Crippen LogP contribution in [0.25, 0.3) is 187 Å². The number of ether oxygens (including phenoxy) is 1. The number of benzene rings is 8. The Labute approximate surface area is 775 Å². The van der Waals surface area contributed by atoms with E-state index in [4.69, 9.17) is 62.3 Å². The van der Waals surface area contributed by atoms with E-state index >= 15 is 0 Å². The fourth-order valence-corrected chi connectivity index (χ4v) is 17.4. The normalized spacial score (nSPS) is 10.8. The van der Waals surface area contributed by atoms with E-state index in [2.05, 4.69) is 188 Å². The first-order valence-electron chi connectivity index (χ1n) is 39.0. The highest BCUT2D eigenvalue weighted by atomic mass is 79.9. The Morgan fingerprint density at radius 1 is 0.295 bits per heavy atom. The first-order chi connectivity index (χ1) is 63.1. The van der Waals surface area contributed by atoms with E-state index in [1.807, 2.05) is 220 Å². The molecule has 0 atom stereocenters. The molecule has 608 valence electrons. The number of pyridine rings is 9. The third-order valence-corrected chi connectivity index (χ3v) is 24.5. The third-order valence-electron chi connectivity index (χ3n) is 21.3. The first kappa shape index (κ1) is 83.2. The van der Waals surface area contributed by atoms with Crippen molar-refractivity contribution in [2.45, 2.75) is 0 Å². The fraction of sp³-hybridized carbons (Fsp3) is 0. The van der Waals surface area contributed by atoms with Gasteiger partial charge in [-0.3, -0.25) is 47.9 Å². The van der Waals surface area contributed by atoms with Gasteiger partial charge in [-0.2, -0.15) is 0 Å². The summed E-state index contributed by atoms with van der Waals surface area (Å²) in [4.78, 5) is 58.1. The lowest BCUT2D eigenvalue weighted by Crippen LogP contribution is -1.97. The number of halogens is 5. The van der Waals surface area contributed by atoms with Crippen LogP contribution in [0.2, 0.25) is 0 Å². The molecular formula is C102H53Br5N20O2. The molecule has 0 aliphatic carbocycles. The van der Waals surface area contributed by atoms with Crippen molar-refractivity contribution in [2.24, 2.45) is 0 Å². The summed E-state index contributed by atoms with van der Waals surface area (Å²) in [7, 11) is 0. The van der Waals surface area contributed by atoms with Gasteiger partial charge in [-0.25, -0.2) is 29.9 Å². The average Bonchev–Trinajstić information content (AvgIpc) is 1.61. The van der Waals surface area contributed by atoms with E-state index in [-0.39, 0.29) is 5.75 Å². The van der Waals surface area contributed by atoms with E-state index in [1.54, 1.807) is 73.1 Å². The summed E-state index contributed by atoms with van der Waals surface area (Å²) in [6.45, 7) is 57.8. The molecule has 0 unspecified atom stereocenters. The standard InChI is InChI=1S/C34H18N6O.2C17H7BrN4.C17H12N2O.C9H7BrN2.C8H2Br2N2/c1-35-26-19-25-24-14-15-33(38-34(24)29-10-7-17-39(29)30(25)20-27(26)36-2)41-21-12-13-23-22-8-3-4-9-28(22)40(31(23)18-21)32-11-5-6-16-37-32;2*1-19-12-8-11-10-5-6-16(18)21-17(10)14-4-3-7-22(14)15(11)9-13(12)20-2;20-12-8-9-14-13-5-1-2-6-15(13)19(16(14)11-12)17-7-3-4-10-18-17;10-9-5-1-3-8(12-9)7-4-2-6-11-7;1-11-7-3-5(9)6(10)4-8(7)12-2/h3-20H;2*3-9H;1-11,20H;1-6,11H;3-4H. The molecular weight excluding hydrogens is 1940 g/mol. The van der Waals surface area contributed by atoms with Crippen molar-refractivity contribution in [3.8, 4) is 40.4 Å². The number of nitrogens with zero attached hydrogens (tertiary/aromatic N) is 19. The Morgan fingerprint density at radius 2 is 0.682 bits per heavy atom. The minimum absolute atomic E-state index is 0.262. The second-order valence-electron chi connectivity index (χ2n) is 28.6. The van der Waals surface area contributed by atoms with Crippen molar-refractivity contribution < 1.29 is 9.84 Å². The predicted octanol–water partition coefficient (Wildman–Crippen LogP) is 31.1. The maximum Gasteiger partial charge on any atom is 0.219 e. The van der Waals surface area contributed by atoms with Gasteiger partial charge in [0, 0.05) is 119 Å². The maximum atomic E-state index is 9.79. The van der Waals surface area contributed by atoms with Crippen LogP contribution in [0.3, 0.4) is 0 Å². The molecule has 0 radical (unpaired) electrons. The number of hydrogen-bond donors (Lipinski definition) is 2. The monoisotopic (exact) mass is 1980 g/mol. The highest BCUT2D eigenvalue weighted by molar-refractivity contribution is 9.13. The predicted molar refractivity (Wildman–Crippen MR) is 529 cm³/mol. The molecule has 27 heteroatoms. The summed E-state index contributed by atoms with van der Waals surface area (Å²) in [6.07, 6.45) is 11.3. The minimum Gasteiger partial charge on any atom is -0.508 e. The second kappa shape index (κ2) is 35.9. The van der Waals surface area contributed by atoms with Crippen LogP contribution in [0, 0.1) is 52.6 Å². The number of aromatic nitrogens is 12. The van der Waals surface area contributed by atoms with Gasteiger partial charge in [-0.1, -0.05) is 117 Å². The van der Waals surface area contributed by atoms with Crippen molar-refractivity contribution >= 4 is 251 Å². The van der Waals surface area contributed by atoms with E-state index in [0.717, 1.165) is 171 Å². The average molecular weight is 1990 g/mol. The molecule has 15 aromatic heterocycles. The number of rotatable bonds is 5. The largest absolute Gasteiger partial charge is 0.508 e. The van der Waals surface area contributed by atoms with Gasteiger partial charge in [0.25, 0.3) is 0 Å². The molecule has 0 saturated heterocycles. The van der Waals surface area contributed by atoms with Crippen LogP contribution in [-0.4, -0.2) is 62.3 Å². The van der Waals surface area contributed by atoms with E-state index in [0.29, 0.717) is 57.1 Å². The minimum atomic E-state index is 0.262. The molecule has 0 amide bonds. The van der Waals surface area contributed by atoms with E-state index < -0.39 is 0 Å². The van der Waals surface area contributed by atoms with E-state index in [9.17, 15) is 5.11 Å². The van der Waals surface area contributed by atoms with Crippen molar-refractivity contribution in [2.75, 3.05) is 0 Å². The van der Waals surface area contributed by atoms with Crippen LogP contribution in [-0.2, 0) is 0 Å². The Balaban J connectivity index is 0.000000110. The molecule has 129 heavy (non-hydrogen) atoms. The van der Waals surface area contributed by atoms with Crippen LogP contribution in [0.4, 0.5) is 45.5 Å². The quantitative estimate of drug-likeness (QED) is 0.0970. The molecule has 0 aliphatic rings. The number of phenolic OH excluding ortho intramolecular Hbond substituents is 1. The third kappa shape index (κ3) is 15.9. The molecule has 23 rings (SSSR count). The van der Waals surface area contributed by atoms with Crippen LogP contribution >= 0.6 is 79.6 Å². The van der Waals surface area contributed by atoms with Crippen LogP contribution in [0.5, 0.6) is 17.4 Å². The van der Waals surface area contributed by atoms with E-state index in [1.165, 1.54) is 0 Å². The van der Waals surface area contributed by atoms with Crippen molar-refractivity contribution in [1.29, 1.82) is 0 Å². The number of aromatic amines is 1. The SMILES string of the molecule is Brc1cccc(-c2ccc[nH]2)n1.Oc1ccc2c3ccccc3n(-c3ccccn3)c2c1.[C-]#[N+]c1cc(Br)c(Br)cc1[N+]#[C-].[C-]#[N+]c1cc2c3ccc(Br)nc3c3cccn3c2cc1[N+]#[C-].[C-]#[N+]c1cc2c3ccc(Br)nc3c3cccn3c2cc1[N+]#[C-].[C-]#[N+]c1cc2c3ccc(Oc4ccc5c6ccccc6n(-c6ccccn6)c5c4)nc3c3cccn3c2cc1[N+]#[C-]. The summed E-state index contributed by atoms with van der Waals surface area (Å²) in [5.41, 5.74) is 17.1. The zero-order valence-electron chi connectivity index (χ0n) is 66.7. The van der Waals surface area contributed by atoms with Crippen molar-refractivity contribution in [3.63, 3.8) is 0 Å². The number of hydrogen-bond acceptors (Lipinski definition) is 8. The molecule has 0 fully saturated rings. The first-order valence-corrected chi connectivity index (χ1v) is 43.0. The highest BCUT2D eigenvalue weighted by Gasteiger charge is 2.21. The number of nitrogens with one attached hydrogen (secondary N) is 1. The lowest BCUT2D eigenvalue weighted by atomic mass is 10.1. The van der Waals surface area contributed by atoms with Crippen LogP contribution in [0.15, 0.2) is 333 Å². The Bertz CT molecular complexity index is 8670. The second-order valence-corrected chi connectivity index (χ2v) is 32.8. The molecule has 0 aliphatic heterocycles. The van der Waals surface area contributed by atoms with Crippen LogP contribution in [0.1, 0.15) is 0 Å². The molecule has 15 heterocycles. The van der Waals surface area contributed by atoms with Gasteiger partial charge in [0.15, 0.2) is 45.5 Å². The van der Waals surface area contributed by atoms with Gasteiger partial charge < -0.3 is 28.0 Å². The Morgan fingerprint density at radius 3 is 1.12 bits per heavy atom. The summed E-state index contributed by atoms with van der Waals surface area (Å²) in [6, 6.07) is 86.9. The van der Waals surface area contributed by atoms with Gasteiger partial charge in [-0.15, -0.1) is 0 Å². The highest BCUT2D eigenvalue weighted by Crippen LogP contribution is 2.45. The number of para-hydroxylation sites is 2. The zero-order valence-corrected chi connectivity index (χ0v) is 74.6. The van der Waals surface area contributed by atoms with Crippen molar-refractivity contribution in [1.82, 2.24) is 57.2 Å². The van der Waals surface area contributed by atoms with Crippen molar-refractivity contribution in [3.05, 3.63) is 424 Å².